The molecule has 0 fully saturated rings. The van der Waals surface area contributed by atoms with Crippen LogP contribution < -0.4 is 5.56 Å². The molecule has 0 aliphatic heterocycles. The normalized spacial score (nSPS) is 11.3. The van der Waals surface area contributed by atoms with Crippen LogP contribution in [0.1, 0.15) is 32.2 Å². The molecule has 0 atom stereocenters. The van der Waals surface area contributed by atoms with E-state index in [4.69, 9.17) is 4.74 Å². The van der Waals surface area contributed by atoms with E-state index in [9.17, 15) is 9.59 Å². The van der Waals surface area contributed by atoms with Crippen molar-refractivity contribution in [1.82, 2.24) is 24.7 Å². The van der Waals surface area contributed by atoms with Gasteiger partial charge >= 0.3 is 5.97 Å². The Bertz CT molecular complexity index is 1690. The first-order valence-electron chi connectivity index (χ1n) is 11.3. The third-order valence-corrected chi connectivity index (χ3v) is 8.39. The highest BCUT2D eigenvalue weighted by Crippen LogP contribution is 2.32. The van der Waals surface area contributed by atoms with Gasteiger partial charge in [-0.25, -0.2) is 9.78 Å². The lowest BCUT2D eigenvalue weighted by atomic mass is 10.1. The zero-order valence-corrected chi connectivity index (χ0v) is 23.7. The fraction of sp³-hybridized carbons (Fsp3) is 0.192. The summed E-state index contributed by atoms with van der Waals surface area (Å²) in [6, 6.07) is 14.2. The van der Waals surface area contributed by atoms with Crippen molar-refractivity contribution in [2.24, 2.45) is 0 Å². The third-order valence-electron chi connectivity index (χ3n) is 5.76. The van der Waals surface area contributed by atoms with Crippen LogP contribution in [0.2, 0.25) is 0 Å². The molecule has 3 heterocycles. The number of rotatable bonds is 6. The number of carbonyl (C=O) groups is 1. The summed E-state index contributed by atoms with van der Waals surface area (Å²) in [5.74, 6) is 1.09. The number of benzene rings is 2. The van der Waals surface area contributed by atoms with Crippen LogP contribution in [0.5, 0.6) is 0 Å². The number of aromatic nitrogens is 5. The number of halogens is 1. The molecule has 0 saturated carbocycles. The van der Waals surface area contributed by atoms with Gasteiger partial charge in [0.05, 0.1) is 23.9 Å². The molecule has 3 aromatic heterocycles. The monoisotopic (exact) mass is 595 g/mol. The number of thiophene rings is 1. The van der Waals surface area contributed by atoms with Crippen LogP contribution in [-0.2, 0) is 10.5 Å². The predicted molar refractivity (Wildman–Crippen MR) is 150 cm³/mol. The fourth-order valence-electron chi connectivity index (χ4n) is 4.14. The zero-order valence-electron chi connectivity index (χ0n) is 20.5. The number of fused-ring (bicyclic) bond motifs is 1. The van der Waals surface area contributed by atoms with Crippen molar-refractivity contribution in [3.05, 3.63) is 84.7 Å². The summed E-state index contributed by atoms with van der Waals surface area (Å²) in [5.41, 5.74) is 4.44. The van der Waals surface area contributed by atoms with E-state index in [2.05, 4.69) is 68.1 Å². The third kappa shape index (κ3) is 4.98. The van der Waals surface area contributed by atoms with Gasteiger partial charge in [-0.1, -0.05) is 45.9 Å². The molecule has 188 valence electrons. The van der Waals surface area contributed by atoms with Gasteiger partial charge in [-0.2, -0.15) is 0 Å². The summed E-state index contributed by atoms with van der Waals surface area (Å²) in [5, 5.41) is 10.1. The zero-order chi connectivity index (χ0) is 26.3. The first-order valence-corrected chi connectivity index (χ1v) is 13.9. The summed E-state index contributed by atoms with van der Waals surface area (Å²) in [6.07, 6.45) is 0. The molecule has 0 spiro atoms. The molecule has 5 rings (SSSR count). The molecular formula is C26H22BrN5O3S2. The fourth-order valence-corrected chi connectivity index (χ4v) is 6.34. The van der Waals surface area contributed by atoms with Gasteiger partial charge in [0.2, 0.25) is 0 Å². The Morgan fingerprint density at radius 1 is 1.11 bits per heavy atom. The second-order valence-electron chi connectivity index (χ2n) is 8.52. The van der Waals surface area contributed by atoms with Crippen molar-refractivity contribution in [2.45, 2.75) is 31.7 Å². The number of thioether (sulfide) groups is 1. The molecule has 1 N–H and O–H groups in total. The van der Waals surface area contributed by atoms with Crippen molar-refractivity contribution in [2.75, 3.05) is 7.11 Å². The summed E-state index contributed by atoms with van der Waals surface area (Å²) < 4.78 is 7.85. The number of hydrogen-bond donors (Lipinski definition) is 1. The first-order chi connectivity index (χ1) is 17.7. The maximum atomic E-state index is 12.8. The molecule has 0 aliphatic rings. The number of hydrogen-bond acceptors (Lipinski definition) is 8. The van der Waals surface area contributed by atoms with Gasteiger partial charge in [-0.05, 0) is 61.7 Å². The predicted octanol–water partition coefficient (Wildman–Crippen LogP) is 6.00. The molecule has 11 heteroatoms. The smallest absolute Gasteiger partial charge is 0.348 e. The van der Waals surface area contributed by atoms with E-state index in [1.807, 2.05) is 28.8 Å². The van der Waals surface area contributed by atoms with E-state index in [-0.39, 0.29) is 5.56 Å². The molecule has 2 aromatic carbocycles. The van der Waals surface area contributed by atoms with E-state index >= 15 is 0 Å². The number of aryl methyl sites for hydroxylation is 3. The Morgan fingerprint density at radius 2 is 1.81 bits per heavy atom. The van der Waals surface area contributed by atoms with Gasteiger partial charge in [-0.15, -0.1) is 21.5 Å². The Kier molecular flexibility index (Phi) is 7.02. The summed E-state index contributed by atoms with van der Waals surface area (Å²) in [4.78, 5) is 33.3. The highest BCUT2D eigenvalue weighted by atomic mass is 79.9. The molecule has 0 bridgehead atoms. The molecule has 0 unspecified atom stereocenters. The van der Waals surface area contributed by atoms with Crippen LogP contribution in [0.25, 0.3) is 27.3 Å². The highest BCUT2D eigenvalue weighted by molar-refractivity contribution is 9.10. The lowest BCUT2D eigenvalue weighted by Crippen LogP contribution is -2.11. The minimum Gasteiger partial charge on any atom is -0.465 e. The van der Waals surface area contributed by atoms with Crippen molar-refractivity contribution >= 4 is 55.2 Å². The van der Waals surface area contributed by atoms with E-state index in [1.54, 1.807) is 6.92 Å². The Labute approximate surface area is 229 Å². The molecule has 37 heavy (non-hydrogen) atoms. The number of aromatic amines is 1. The number of esters is 1. The van der Waals surface area contributed by atoms with Crippen LogP contribution in [0.4, 0.5) is 0 Å². The van der Waals surface area contributed by atoms with E-state index < -0.39 is 5.97 Å². The Balaban J connectivity index is 1.54. The number of carbonyl (C=O) groups excluding carboxylic acids is 1. The molecule has 5 aromatic rings. The van der Waals surface area contributed by atoms with Crippen LogP contribution >= 0.6 is 39.0 Å². The van der Waals surface area contributed by atoms with Gasteiger partial charge in [0.1, 0.15) is 15.5 Å². The van der Waals surface area contributed by atoms with Gasteiger partial charge in [0, 0.05) is 10.0 Å². The molecule has 0 aliphatic carbocycles. The average Bonchev–Trinajstić information content (AvgIpc) is 3.43. The minimum atomic E-state index is -0.474. The van der Waals surface area contributed by atoms with Gasteiger partial charge in [0.15, 0.2) is 11.0 Å². The van der Waals surface area contributed by atoms with Gasteiger partial charge in [0.25, 0.3) is 5.56 Å². The second-order valence-corrected chi connectivity index (χ2v) is 11.4. The lowest BCUT2D eigenvalue weighted by molar-refractivity contribution is 0.0605. The molecule has 8 nitrogen and oxygen atoms in total. The van der Waals surface area contributed by atoms with E-state index in [1.165, 1.54) is 18.9 Å². The van der Waals surface area contributed by atoms with Crippen LogP contribution in [-0.4, -0.2) is 37.8 Å². The van der Waals surface area contributed by atoms with E-state index in [0.29, 0.717) is 43.2 Å². The SMILES string of the molecule is COC(=O)c1sc2nc(CSc3nnc(-c4ccc(Br)cc4)n3-c3cc(C)cc(C)c3)[nH]c(=O)c2c1C. The second kappa shape index (κ2) is 10.2. The van der Waals surface area contributed by atoms with Crippen molar-refractivity contribution < 1.29 is 9.53 Å². The molecule has 0 saturated heterocycles. The number of nitrogens with one attached hydrogen (secondary N) is 1. The largest absolute Gasteiger partial charge is 0.465 e. The maximum Gasteiger partial charge on any atom is 0.348 e. The average molecular weight is 597 g/mol. The summed E-state index contributed by atoms with van der Waals surface area (Å²) in [7, 11) is 1.32. The highest BCUT2D eigenvalue weighted by Gasteiger charge is 2.21. The van der Waals surface area contributed by atoms with Crippen molar-refractivity contribution in [1.29, 1.82) is 0 Å². The Morgan fingerprint density at radius 3 is 2.49 bits per heavy atom. The number of H-pyrrole nitrogens is 1. The van der Waals surface area contributed by atoms with Gasteiger partial charge < -0.3 is 9.72 Å². The maximum absolute atomic E-state index is 12.8. The summed E-state index contributed by atoms with van der Waals surface area (Å²) >= 11 is 6.07. The van der Waals surface area contributed by atoms with Crippen LogP contribution in [0.15, 0.2) is 56.9 Å². The quantitative estimate of drug-likeness (QED) is 0.190. The first kappa shape index (κ1) is 25.4. The van der Waals surface area contributed by atoms with Crippen molar-refractivity contribution in [3.8, 4) is 17.1 Å². The standard InChI is InChI=1S/C26H22BrN5O3S2/c1-13-9-14(2)11-18(10-13)32-22(16-5-7-17(27)8-6-16)30-31-26(32)36-12-19-28-23(33)20-15(3)21(25(34)35-4)37-24(20)29-19/h5-11H,12H2,1-4H3,(H,28,29,33). The van der Waals surface area contributed by atoms with Crippen LogP contribution in [0, 0.1) is 20.8 Å². The number of ether oxygens (including phenoxy) is 1. The number of methoxy groups -OCH3 is 1. The lowest BCUT2D eigenvalue weighted by Gasteiger charge is -2.12. The van der Waals surface area contributed by atoms with E-state index in [0.717, 1.165) is 38.2 Å². The number of nitrogens with zero attached hydrogens (tertiary/aromatic N) is 4. The summed E-state index contributed by atoms with van der Waals surface area (Å²) in [6.45, 7) is 5.84. The molecule has 0 amide bonds. The topological polar surface area (TPSA) is 103 Å². The van der Waals surface area contributed by atoms with Gasteiger partial charge in [-0.3, -0.25) is 9.36 Å². The van der Waals surface area contributed by atoms with Crippen LogP contribution in [0.3, 0.4) is 0 Å². The Hall–Kier alpha value is -3.28. The van der Waals surface area contributed by atoms with Crippen molar-refractivity contribution in [3.63, 3.8) is 0 Å². The molecular weight excluding hydrogens is 574 g/mol. The minimum absolute atomic E-state index is 0.282. The molecule has 0 radical (unpaired) electrons.